The Morgan fingerprint density at radius 2 is 1.57 bits per heavy atom. The van der Waals surface area contributed by atoms with Gasteiger partial charge in [-0.05, 0) is 107 Å². The number of hydrogen-bond acceptors (Lipinski definition) is 17. The third kappa shape index (κ3) is 15.4. The van der Waals surface area contributed by atoms with Crippen molar-refractivity contribution in [1.82, 2.24) is 0 Å². The Kier molecular flexibility index (Phi) is 23.7. The number of ether oxygens (including phenoxy) is 6. The van der Waals surface area contributed by atoms with Gasteiger partial charge in [0.2, 0.25) is 5.79 Å². The van der Waals surface area contributed by atoms with Crippen LogP contribution in [-0.2, 0) is 57.2 Å². The summed E-state index contributed by atoms with van der Waals surface area (Å²) in [7, 11) is 4.35. The summed E-state index contributed by atoms with van der Waals surface area (Å²) in [5, 5.41) is 58.0. The Labute approximate surface area is 438 Å². The van der Waals surface area contributed by atoms with E-state index in [4.69, 9.17) is 28.4 Å². The van der Waals surface area contributed by atoms with Gasteiger partial charge >= 0.3 is 23.6 Å². The predicted octanol–water partition coefficient (Wildman–Crippen LogP) is 5.74. The molecule has 0 spiro atoms. The SMILES string of the molecule is CO[C@H]1C[C@@H]2CC[C@@H](C)[C@@](O)(O2)C(=O)C(=O)[N+]2([O-])CCCC[C@H]2C(=O)O[C@H]([C@H](C)C[C@@H]2CC[C@@H](OC(=O)C(C)(CO)CO)[C@H](OC)C2)CC(=O)[C@H](C)/C=C(\C)[C@@H](O)[C@@H](OC)C(=O)[C@H](C)C[C@H](C)/C=C/C=C/C=C/1C. The number of amides is 1. The monoisotopic (exact) mass is 1050 g/mol. The van der Waals surface area contributed by atoms with Gasteiger partial charge in [-0.2, -0.15) is 0 Å². The number of aliphatic hydroxyl groups is 4. The number of hydrogen-bond donors (Lipinski definition) is 4. The summed E-state index contributed by atoms with van der Waals surface area (Å²) < 4.78 is 33.3. The van der Waals surface area contributed by atoms with E-state index < -0.39 is 137 Å². The molecule has 3 heterocycles. The Bertz CT molecular complexity index is 2060. The maximum atomic E-state index is 15.0. The van der Waals surface area contributed by atoms with Gasteiger partial charge in [-0.25, -0.2) is 9.59 Å². The van der Waals surface area contributed by atoms with Crippen LogP contribution in [-0.4, -0.2) is 156 Å². The molecule has 0 aromatic heterocycles. The van der Waals surface area contributed by atoms with E-state index in [9.17, 15) is 54.4 Å². The summed E-state index contributed by atoms with van der Waals surface area (Å²) in [6.07, 6.45) is 7.79. The number of piperidine rings is 1. The van der Waals surface area contributed by atoms with Gasteiger partial charge in [-0.1, -0.05) is 71.1 Å². The van der Waals surface area contributed by atoms with E-state index in [1.54, 1.807) is 40.7 Å². The molecule has 4 aliphatic rings. The average Bonchev–Trinajstić information content (AvgIpc) is 3.37. The van der Waals surface area contributed by atoms with E-state index in [-0.39, 0.29) is 49.7 Å². The molecule has 1 aliphatic carbocycles. The van der Waals surface area contributed by atoms with Crippen LogP contribution in [0.5, 0.6) is 0 Å². The Hall–Kier alpha value is -3.82. The molecule has 16 atom stereocenters. The van der Waals surface area contributed by atoms with Crippen molar-refractivity contribution >= 4 is 35.2 Å². The molecule has 4 rings (SSSR count). The number of carbonyl (C=O) groups excluding carboxylic acids is 6. The lowest BCUT2D eigenvalue weighted by atomic mass is 9.78. The number of rotatable bonds is 10. The fourth-order valence-electron chi connectivity index (χ4n) is 10.9. The molecular weight excluding hydrogens is 959 g/mol. The standard InChI is InChI=1S/C56H87NO17/c1-33-17-13-12-14-18-34(2)45(69-9)29-41-22-20-39(7)56(67,74-41)51(63)52(64)57(68)24-16-15-19-42(57)53(65)72-46(30-43(60)35(3)26-38(6)49(62)50(71-11)48(61)37(5)25-33)36(4)27-40-21-23-44(47(28-40)70-10)73-54(66)55(8,31-58)32-59/h12-14,17-18,26,33,35-37,39-42,44-47,49-50,58-59,62,67H,15-16,19-25,27-32H2,1-11H3/b14-12+,17-13+,34-18+,38-26+/t33-,35-,36-,37-,39-,40+,41+,42+,44-,45+,46+,47-,49-,50+,56-,57?/m1/s1. The molecule has 418 valence electrons. The molecule has 3 fully saturated rings. The molecule has 18 nitrogen and oxygen atoms in total. The number of methoxy groups -OCH3 is 3. The zero-order chi connectivity index (χ0) is 55.3. The quantitative estimate of drug-likeness (QED) is 0.0669. The first-order valence-electron chi connectivity index (χ1n) is 26.6. The molecule has 1 saturated carbocycles. The second-order valence-electron chi connectivity index (χ2n) is 22.2. The number of cyclic esters (lactones) is 1. The zero-order valence-electron chi connectivity index (χ0n) is 45.7. The van der Waals surface area contributed by atoms with Crippen LogP contribution in [0.2, 0.25) is 0 Å². The van der Waals surface area contributed by atoms with Crippen molar-refractivity contribution in [2.24, 2.45) is 40.9 Å². The molecule has 2 saturated heterocycles. The fraction of sp³-hybridized carbons (Fsp3) is 0.750. The van der Waals surface area contributed by atoms with Gasteiger partial charge in [0.05, 0.1) is 38.1 Å². The third-order valence-corrected chi connectivity index (χ3v) is 16.2. The minimum absolute atomic E-state index is 0.0269. The van der Waals surface area contributed by atoms with Gasteiger partial charge in [0, 0.05) is 58.3 Å². The second-order valence-corrected chi connectivity index (χ2v) is 22.2. The minimum Gasteiger partial charge on any atom is -0.624 e. The Balaban J connectivity index is 1.72. The molecule has 1 unspecified atom stereocenters. The van der Waals surface area contributed by atoms with Crippen molar-refractivity contribution in [3.8, 4) is 0 Å². The molecule has 2 bridgehead atoms. The lowest BCUT2D eigenvalue weighted by molar-refractivity contribution is -0.825. The van der Waals surface area contributed by atoms with Crippen LogP contribution >= 0.6 is 0 Å². The molecule has 0 aromatic rings. The summed E-state index contributed by atoms with van der Waals surface area (Å²) in [6.45, 7) is 11.9. The third-order valence-electron chi connectivity index (χ3n) is 16.2. The van der Waals surface area contributed by atoms with Crippen molar-refractivity contribution in [1.29, 1.82) is 0 Å². The first-order valence-corrected chi connectivity index (χ1v) is 26.6. The maximum Gasteiger partial charge on any atom is 0.388 e. The largest absolute Gasteiger partial charge is 0.624 e. The minimum atomic E-state index is -2.67. The van der Waals surface area contributed by atoms with E-state index in [2.05, 4.69) is 0 Å². The summed E-state index contributed by atoms with van der Waals surface area (Å²) in [5.74, 6) is -11.1. The number of fused-ring (bicyclic) bond motifs is 3. The number of ketones is 3. The Morgan fingerprint density at radius 3 is 2.20 bits per heavy atom. The van der Waals surface area contributed by atoms with E-state index in [1.165, 1.54) is 28.3 Å². The number of esters is 2. The van der Waals surface area contributed by atoms with Gasteiger partial charge in [0.15, 0.2) is 11.8 Å². The van der Waals surface area contributed by atoms with Gasteiger partial charge in [0.25, 0.3) is 0 Å². The van der Waals surface area contributed by atoms with Gasteiger partial charge in [-0.15, -0.1) is 0 Å². The maximum absolute atomic E-state index is 15.0. The number of hydroxylamine groups is 3. The van der Waals surface area contributed by atoms with E-state index in [1.807, 2.05) is 44.2 Å². The summed E-state index contributed by atoms with van der Waals surface area (Å²) in [5.41, 5.74) is -0.387. The first-order chi connectivity index (χ1) is 34.8. The zero-order valence-corrected chi connectivity index (χ0v) is 45.7. The van der Waals surface area contributed by atoms with Crippen LogP contribution in [0.1, 0.15) is 132 Å². The predicted molar refractivity (Wildman–Crippen MR) is 273 cm³/mol. The number of allylic oxidation sites excluding steroid dienone is 6. The van der Waals surface area contributed by atoms with Crippen molar-refractivity contribution < 1.29 is 82.3 Å². The molecule has 3 aliphatic heterocycles. The molecular formula is C56H87NO17. The highest BCUT2D eigenvalue weighted by molar-refractivity contribution is 6.36. The highest BCUT2D eigenvalue weighted by Gasteiger charge is 2.58. The first kappa shape index (κ1) is 62.7. The molecule has 0 radical (unpaired) electrons. The van der Waals surface area contributed by atoms with Crippen LogP contribution < -0.4 is 0 Å². The van der Waals surface area contributed by atoms with E-state index in [0.29, 0.717) is 50.5 Å². The van der Waals surface area contributed by atoms with E-state index >= 15 is 0 Å². The number of aliphatic hydroxyl groups excluding tert-OH is 3. The van der Waals surface area contributed by atoms with Crippen molar-refractivity contribution in [2.45, 2.75) is 187 Å². The van der Waals surface area contributed by atoms with Crippen LogP contribution in [0.3, 0.4) is 0 Å². The van der Waals surface area contributed by atoms with Crippen LogP contribution in [0, 0.1) is 46.1 Å². The van der Waals surface area contributed by atoms with Crippen molar-refractivity contribution in [2.75, 3.05) is 41.1 Å². The summed E-state index contributed by atoms with van der Waals surface area (Å²) >= 11 is 0. The molecule has 74 heavy (non-hydrogen) atoms. The van der Waals surface area contributed by atoms with Crippen LogP contribution in [0.25, 0.3) is 0 Å². The summed E-state index contributed by atoms with van der Waals surface area (Å²) in [6, 6.07) is -1.71. The highest BCUT2D eigenvalue weighted by atomic mass is 16.6. The van der Waals surface area contributed by atoms with Gasteiger partial charge in [0.1, 0.15) is 35.6 Å². The normalized spacial score (nSPS) is 39.1. The highest BCUT2D eigenvalue weighted by Crippen LogP contribution is 2.40. The topological polar surface area (TPSA) is 262 Å². The number of nitrogens with zero attached hydrogens (tertiary/aromatic N) is 1. The van der Waals surface area contributed by atoms with Crippen LogP contribution in [0.4, 0.5) is 0 Å². The molecule has 18 heteroatoms. The number of quaternary nitrogens is 1. The molecule has 0 aromatic carbocycles. The molecule has 4 N–H and O–H groups in total. The lowest BCUT2D eigenvalue weighted by Crippen LogP contribution is -2.67. The van der Waals surface area contributed by atoms with Gasteiger partial charge < -0.3 is 54.1 Å². The number of carbonyl (C=O) groups is 6. The fourth-order valence-corrected chi connectivity index (χ4v) is 10.9. The average molecular weight is 1050 g/mol. The van der Waals surface area contributed by atoms with Crippen molar-refractivity contribution in [3.05, 3.63) is 52.8 Å². The molecule has 1 amide bonds. The van der Waals surface area contributed by atoms with Gasteiger partial charge in [-0.3, -0.25) is 23.8 Å². The van der Waals surface area contributed by atoms with Crippen LogP contribution in [0.15, 0.2) is 47.6 Å². The summed E-state index contributed by atoms with van der Waals surface area (Å²) in [4.78, 5) is 84.4. The smallest absolute Gasteiger partial charge is 0.388 e. The second kappa shape index (κ2) is 28.0. The van der Waals surface area contributed by atoms with Crippen molar-refractivity contribution in [3.63, 3.8) is 0 Å². The van der Waals surface area contributed by atoms with E-state index in [0.717, 1.165) is 5.57 Å². The Morgan fingerprint density at radius 1 is 0.878 bits per heavy atom. The number of Topliss-reactive ketones (excluding diaryl/α,β-unsaturated/α-hetero) is 3. The lowest BCUT2D eigenvalue weighted by Gasteiger charge is -2.48.